The molecule has 0 saturated heterocycles. The Kier molecular flexibility index (Phi) is 6.06. The van der Waals surface area contributed by atoms with Gasteiger partial charge in [-0.2, -0.15) is 0 Å². The predicted octanol–water partition coefficient (Wildman–Crippen LogP) is 4.22. The topological polar surface area (TPSA) is 55.8 Å². The quantitative estimate of drug-likeness (QED) is 0.580. The van der Waals surface area contributed by atoms with E-state index < -0.39 is 5.97 Å². The summed E-state index contributed by atoms with van der Waals surface area (Å²) >= 11 is 5.80. The lowest BCUT2D eigenvalue weighted by atomic mass is 10.1. The maximum absolute atomic E-state index is 11.2. The number of benzene rings is 2. The second-order valence-electron chi connectivity index (χ2n) is 4.74. The van der Waals surface area contributed by atoms with E-state index in [1.165, 1.54) is 12.1 Å². The summed E-state index contributed by atoms with van der Waals surface area (Å²) in [6, 6.07) is 12.2. The number of halogens is 1. The summed E-state index contributed by atoms with van der Waals surface area (Å²) in [5.41, 5.74) is 1.07. The second kappa shape index (κ2) is 8.25. The van der Waals surface area contributed by atoms with Crippen LogP contribution in [0.2, 0.25) is 5.02 Å². The number of carbonyl (C=O) groups is 1. The number of ether oxygens (including phenoxy) is 2. The van der Waals surface area contributed by atoms with Gasteiger partial charge in [-0.25, -0.2) is 4.79 Å². The minimum Gasteiger partial charge on any atom is -0.490 e. The molecule has 2 aromatic rings. The third-order valence-electron chi connectivity index (χ3n) is 3.11. The Balaban J connectivity index is 1.94. The summed E-state index contributed by atoms with van der Waals surface area (Å²) in [6.45, 7) is 4.25. The van der Waals surface area contributed by atoms with Crippen molar-refractivity contribution in [3.8, 4) is 11.5 Å². The molecule has 2 rings (SSSR count). The number of hydrogen-bond acceptors (Lipinski definition) is 3. The minimum atomic E-state index is -1.08. The summed E-state index contributed by atoms with van der Waals surface area (Å²) in [6.07, 6.45) is 2.53. The Morgan fingerprint density at radius 3 is 2.52 bits per heavy atom. The van der Waals surface area contributed by atoms with Gasteiger partial charge in [0.25, 0.3) is 0 Å². The van der Waals surface area contributed by atoms with Gasteiger partial charge in [0.1, 0.15) is 30.3 Å². The fraction of sp³-hybridized carbons (Fsp3) is 0.167. The number of hydrogen-bond donors (Lipinski definition) is 1. The highest BCUT2D eigenvalue weighted by Gasteiger charge is 2.12. The molecule has 0 aromatic heterocycles. The number of aromatic carboxylic acids is 1. The van der Waals surface area contributed by atoms with Gasteiger partial charge in [0.15, 0.2) is 0 Å². The third-order valence-corrected chi connectivity index (χ3v) is 3.34. The van der Waals surface area contributed by atoms with Crippen LogP contribution in [-0.4, -0.2) is 24.3 Å². The molecule has 0 bridgehead atoms. The fourth-order valence-electron chi connectivity index (χ4n) is 2.07. The Hall–Kier alpha value is -2.46. The van der Waals surface area contributed by atoms with Crippen molar-refractivity contribution >= 4 is 17.6 Å². The van der Waals surface area contributed by atoms with E-state index >= 15 is 0 Å². The van der Waals surface area contributed by atoms with Gasteiger partial charge in [-0.05, 0) is 36.2 Å². The molecule has 0 spiro atoms. The molecular weight excluding hydrogens is 316 g/mol. The van der Waals surface area contributed by atoms with E-state index in [1.807, 2.05) is 30.3 Å². The van der Waals surface area contributed by atoms with Crippen molar-refractivity contribution in [1.82, 2.24) is 0 Å². The molecule has 0 heterocycles. The molecule has 0 aliphatic heterocycles. The zero-order valence-corrected chi connectivity index (χ0v) is 13.3. The van der Waals surface area contributed by atoms with Crippen LogP contribution in [0.25, 0.3) is 0 Å². The number of allylic oxidation sites excluding steroid dienone is 1. The van der Waals surface area contributed by atoms with Crippen molar-refractivity contribution in [3.05, 3.63) is 71.3 Å². The van der Waals surface area contributed by atoms with Crippen molar-refractivity contribution in [3.63, 3.8) is 0 Å². The van der Waals surface area contributed by atoms with E-state index in [-0.39, 0.29) is 17.9 Å². The molecule has 5 heteroatoms. The van der Waals surface area contributed by atoms with Crippen molar-refractivity contribution in [1.29, 1.82) is 0 Å². The van der Waals surface area contributed by atoms with Crippen molar-refractivity contribution in [2.24, 2.45) is 0 Å². The number of carboxylic acids is 1. The van der Waals surface area contributed by atoms with Crippen LogP contribution < -0.4 is 9.47 Å². The van der Waals surface area contributed by atoms with E-state index in [2.05, 4.69) is 6.58 Å². The van der Waals surface area contributed by atoms with Gasteiger partial charge in [-0.15, -0.1) is 6.58 Å². The normalized spacial score (nSPS) is 10.1. The first-order chi connectivity index (χ1) is 11.1. The molecule has 120 valence electrons. The minimum absolute atomic E-state index is 0.0320. The van der Waals surface area contributed by atoms with Crippen LogP contribution in [0.1, 0.15) is 15.9 Å². The summed E-state index contributed by atoms with van der Waals surface area (Å²) in [5.74, 6) is -0.0461. The monoisotopic (exact) mass is 332 g/mol. The fourth-order valence-corrected chi connectivity index (χ4v) is 2.24. The smallest absolute Gasteiger partial charge is 0.339 e. The molecule has 23 heavy (non-hydrogen) atoms. The number of para-hydroxylation sites is 1. The molecular formula is C18H17ClO4. The average Bonchev–Trinajstić information content (AvgIpc) is 2.54. The lowest BCUT2D eigenvalue weighted by molar-refractivity contribution is 0.0691. The van der Waals surface area contributed by atoms with Crippen LogP contribution >= 0.6 is 11.6 Å². The van der Waals surface area contributed by atoms with Gasteiger partial charge in [-0.1, -0.05) is 35.9 Å². The second-order valence-corrected chi connectivity index (χ2v) is 5.18. The largest absolute Gasteiger partial charge is 0.490 e. The number of carboxylic acid groups (broad SMARTS) is 1. The first-order valence-corrected chi connectivity index (χ1v) is 7.47. The molecule has 0 amide bonds. The van der Waals surface area contributed by atoms with Gasteiger partial charge in [0.05, 0.1) is 0 Å². The molecule has 0 saturated carbocycles. The van der Waals surface area contributed by atoms with E-state index in [0.29, 0.717) is 11.6 Å². The van der Waals surface area contributed by atoms with Gasteiger partial charge < -0.3 is 14.6 Å². The summed E-state index contributed by atoms with van der Waals surface area (Å²) in [7, 11) is 0. The zero-order chi connectivity index (χ0) is 16.7. The molecule has 0 fully saturated rings. The average molecular weight is 333 g/mol. The highest BCUT2D eigenvalue weighted by Crippen LogP contribution is 2.23. The van der Waals surface area contributed by atoms with E-state index in [9.17, 15) is 4.79 Å². The standard InChI is InChI=1S/C18H17ClO4/c1-2-5-13-6-3-4-7-16(13)22-10-11-23-17-9-8-14(19)12-15(17)18(20)21/h2-4,6-9,12H,1,5,10-11H2,(H,20,21). The summed E-state index contributed by atoms with van der Waals surface area (Å²) in [4.78, 5) is 11.2. The van der Waals surface area contributed by atoms with E-state index in [0.717, 1.165) is 17.7 Å². The molecule has 0 aliphatic carbocycles. The van der Waals surface area contributed by atoms with Crippen LogP contribution in [0, 0.1) is 0 Å². The van der Waals surface area contributed by atoms with Gasteiger partial charge in [-0.3, -0.25) is 0 Å². The number of rotatable bonds is 8. The molecule has 0 atom stereocenters. The molecule has 0 unspecified atom stereocenters. The summed E-state index contributed by atoms with van der Waals surface area (Å²) in [5, 5.41) is 9.49. The van der Waals surface area contributed by atoms with Crippen LogP contribution in [0.5, 0.6) is 11.5 Å². The first-order valence-electron chi connectivity index (χ1n) is 7.09. The van der Waals surface area contributed by atoms with Crippen molar-refractivity contribution < 1.29 is 19.4 Å². The maximum Gasteiger partial charge on any atom is 0.339 e. The summed E-state index contributed by atoms with van der Waals surface area (Å²) < 4.78 is 11.2. The van der Waals surface area contributed by atoms with Gasteiger partial charge in [0, 0.05) is 5.02 Å². The highest BCUT2D eigenvalue weighted by molar-refractivity contribution is 6.31. The molecule has 4 nitrogen and oxygen atoms in total. The third kappa shape index (κ3) is 4.76. The zero-order valence-electron chi connectivity index (χ0n) is 12.5. The first kappa shape index (κ1) is 16.9. The highest BCUT2D eigenvalue weighted by atomic mass is 35.5. The van der Waals surface area contributed by atoms with Crippen LogP contribution in [-0.2, 0) is 6.42 Å². The van der Waals surface area contributed by atoms with E-state index in [4.69, 9.17) is 26.2 Å². The van der Waals surface area contributed by atoms with Gasteiger partial charge in [0.2, 0.25) is 0 Å². The predicted molar refractivity (Wildman–Crippen MR) is 89.7 cm³/mol. The SMILES string of the molecule is C=CCc1ccccc1OCCOc1ccc(Cl)cc1C(=O)O. The Labute approximate surface area is 139 Å². The molecule has 0 aliphatic rings. The molecule has 2 aromatic carbocycles. The molecule has 1 N–H and O–H groups in total. The Morgan fingerprint density at radius 1 is 1.13 bits per heavy atom. The van der Waals surface area contributed by atoms with Crippen molar-refractivity contribution in [2.75, 3.05) is 13.2 Å². The van der Waals surface area contributed by atoms with Gasteiger partial charge >= 0.3 is 5.97 Å². The lowest BCUT2D eigenvalue weighted by Gasteiger charge is -2.12. The van der Waals surface area contributed by atoms with Crippen molar-refractivity contribution in [2.45, 2.75) is 6.42 Å². The maximum atomic E-state index is 11.2. The Bertz CT molecular complexity index is 697. The Morgan fingerprint density at radius 2 is 1.83 bits per heavy atom. The lowest BCUT2D eigenvalue weighted by Crippen LogP contribution is -2.12. The van der Waals surface area contributed by atoms with Crippen LogP contribution in [0.3, 0.4) is 0 Å². The van der Waals surface area contributed by atoms with Crippen LogP contribution in [0.15, 0.2) is 55.1 Å². The molecule has 0 radical (unpaired) electrons. The van der Waals surface area contributed by atoms with E-state index in [1.54, 1.807) is 6.07 Å². The van der Waals surface area contributed by atoms with Crippen LogP contribution in [0.4, 0.5) is 0 Å².